The third kappa shape index (κ3) is 4.07. The molecule has 130 valence electrons. The zero-order valence-electron chi connectivity index (χ0n) is 14.4. The number of anilines is 1. The van der Waals surface area contributed by atoms with Crippen LogP contribution >= 0.6 is 11.6 Å². The second kappa shape index (κ2) is 7.23. The molecule has 0 spiro atoms. The Morgan fingerprint density at radius 3 is 2.67 bits per heavy atom. The molecule has 7 heteroatoms. The van der Waals surface area contributed by atoms with Gasteiger partial charge in [0.15, 0.2) is 0 Å². The van der Waals surface area contributed by atoms with E-state index in [1.54, 1.807) is 30.1 Å². The monoisotopic (exact) mass is 350 g/mol. The number of nitrogens with two attached hydrogens (primary N) is 1. The summed E-state index contributed by atoms with van der Waals surface area (Å²) in [5.41, 5.74) is 7.17. The number of halogens is 1. The Labute approximate surface area is 146 Å². The zero-order chi connectivity index (χ0) is 17.9. The molecule has 2 aromatic rings. The van der Waals surface area contributed by atoms with Gasteiger partial charge in [0.2, 0.25) is 5.91 Å². The van der Waals surface area contributed by atoms with Crippen LogP contribution in [0, 0.1) is 5.41 Å². The van der Waals surface area contributed by atoms with E-state index in [4.69, 9.17) is 22.1 Å². The molecule has 0 unspecified atom stereocenters. The molecule has 0 fully saturated rings. The number of nitrogens with zero attached hydrogens (tertiary/aromatic N) is 2. The van der Waals surface area contributed by atoms with Gasteiger partial charge in [0.25, 0.3) is 0 Å². The first-order chi connectivity index (χ1) is 11.2. The lowest BCUT2D eigenvalue weighted by atomic mass is 9.95. The van der Waals surface area contributed by atoms with E-state index in [2.05, 4.69) is 10.4 Å². The van der Waals surface area contributed by atoms with Gasteiger partial charge in [0.1, 0.15) is 12.4 Å². The number of aromatic nitrogens is 2. The van der Waals surface area contributed by atoms with Crippen LogP contribution in [0.5, 0.6) is 5.75 Å². The molecule has 1 aromatic carbocycles. The van der Waals surface area contributed by atoms with Gasteiger partial charge in [-0.2, -0.15) is 5.10 Å². The van der Waals surface area contributed by atoms with Crippen LogP contribution < -0.4 is 15.8 Å². The second-order valence-electron chi connectivity index (χ2n) is 6.52. The van der Waals surface area contributed by atoms with Crippen LogP contribution in [0.15, 0.2) is 24.4 Å². The van der Waals surface area contributed by atoms with Crippen LogP contribution in [-0.2, 0) is 11.8 Å². The van der Waals surface area contributed by atoms with Crippen LogP contribution in [0.25, 0.3) is 11.3 Å². The van der Waals surface area contributed by atoms with Gasteiger partial charge in [0, 0.05) is 30.3 Å². The number of hydrogen-bond donors (Lipinski definition) is 2. The van der Waals surface area contributed by atoms with Crippen molar-refractivity contribution in [3.63, 3.8) is 0 Å². The Morgan fingerprint density at radius 2 is 2.12 bits per heavy atom. The van der Waals surface area contributed by atoms with E-state index in [9.17, 15) is 4.79 Å². The van der Waals surface area contributed by atoms with Gasteiger partial charge < -0.3 is 15.8 Å². The Morgan fingerprint density at radius 1 is 1.42 bits per heavy atom. The molecule has 0 atom stereocenters. The topological polar surface area (TPSA) is 82.2 Å². The molecular weight excluding hydrogens is 328 g/mol. The quantitative estimate of drug-likeness (QED) is 0.868. The van der Waals surface area contributed by atoms with Crippen molar-refractivity contribution in [1.29, 1.82) is 0 Å². The van der Waals surface area contributed by atoms with Gasteiger partial charge in [-0.25, -0.2) is 0 Å². The summed E-state index contributed by atoms with van der Waals surface area (Å²) in [6.07, 6.45) is 1.57. The minimum atomic E-state index is -0.487. The minimum absolute atomic E-state index is 0.0693. The van der Waals surface area contributed by atoms with E-state index < -0.39 is 5.41 Å². The summed E-state index contributed by atoms with van der Waals surface area (Å²) in [6.45, 7) is 6.37. The fourth-order valence-corrected chi connectivity index (χ4v) is 2.39. The lowest BCUT2D eigenvalue weighted by molar-refractivity contribution is -0.123. The van der Waals surface area contributed by atoms with E-state index in [1.807, 2.05) is 26.8 Å². The molecule has 0 saturated heterocycles. The molecule has 0 aliphatic carbocycles. The van der Waals surface area contributed by atoms with Crippen LogP contribution in [0.2, 0.25) is 5.02 Å². The molecule has 2 rings (SSSR count). The average molecular weight is 351 g/mol. The third-order valence-corrected chi connectivity index (χ3v) is 3.72. The summed E-state index contributed by atoms with van der Waals surface area (Å²) in [4.78, 5) is 12.2. The van der Waals surface area contributed by atoms with Crippen molar-refractivity contribution in [1.82, 2.24) is 9.78 Å². The number of ether oxygens (including phenoxy) is 1. The minimum Gasteiger partial charge on any atom is -0.492 e. The largest absolute Gasteiger partial charge is 0.492 e. The second-order valence-corrected chi connectivity index (χ2v) is 6.92. The molecular formula is C17H23ClN4O2. The van der Waals surface area contributed by atoms with Crippen LogP contribution in [0.3, 0.4) is 0 Å². The number of carbonyl (C=O) groups excluding carboxylic acids is 1. The number of aryl methyl sites for hydroxylation is 1. The highest BCUT2D eigenvalue weighted by atomic mass is 35.5. The van der Waals surface area contributed by atoms with Gasteiger partial charge in [-0.05, 0) is 18.2 Å². The van der Waals surface area contributed by atoms with Crippen molar-refractivity contribution in [2.45, 2.75) is 20.8 Å². The number of nitrogens with one attached hydrogen (secondary N) is 1. The van der Waals surface area contributed by atoms with Crippen molar-refractivity contribution >= 4 is 23.2 Å². The predicted octanol–water partition coefficient (Wildman–Crippen LogP) is 3.06. The van der Waals surface area contributed by atoms with Gasteiger partial charge in [-0.15, -0.1) is 0 Å². The standard InChI is InChI=1S/C17H23ClN4O2/c1-17(2,3)16(23)21-11-5-6-14(24-8-7-19)12(9-11)15-13(18)10-20-22(15)4/h5-6,9-10H,7-8,19H2,1-4H3,(H,21,23). The molecule has 0 radical (unpaired) electrons. The summed E-state index contributed by atoms with van der Waals surface area (Å²) >= 11 is 6.27. The van der Waals surface area contributed by atoms with Crippen molar-refractivity contribution in [3.05, 3.63) is 29.4 Å². The highest BCUT2D eigenvalue weighted by molar-refractivity contribution is 6.33. The van der Waals surface area contributed by atoms with E-state index in [0.717, 1.165) is 11.3 Å². The lowest BCUT2D eigenvalue weighted by Gasteiger charge is -2.19. The summed E-state index contributed by atoms with van der Waals surface area (Å²) in [7, 11) is 1.80. The van der Waals surface area contributed by atoms with Crippen LogP contribution in [-0.4, -0.2) is 28.8 Å². The number of carbonyl (C=O) groups is 1. The van der Waals surface area contributed by atoms with E-state index in [1.165, 1.54) is 0 Å². The molecule has 0 saturated carbocycles. The van der Waals surface area contributed by atoms with Gasteiger partial charge >= 0.3 is 0 Å². The Balaban J connectivity index is 2.45. The maximum atomic E-state index is 12.2. The highest BCUT2D eigenvalue weighted by Gasteiger charge is 2.22. The van der Waals surface area contributed by atoms with Gasteiger partial charge in [-0.3, -0.25) is 9.48 Å². The first-order valence-electron chi connectivity index (χ1n) is 7.70. The number of rotatable bonds is 5. The lowest BCUT2D eigenvalue weighted by Crippen LogP contribution is -2.27. The number of amides is 1. The highest BCUT2D eigenvalue weighted by Crippen LogP contribution is 2.36. The predicted molar refractivity (Wildman–Crippen MR) is 96.3 cm³/mol. The molecule has 3 N–H and O–H groups in total. The molecule has 1 heterocycles. The van der Waals surface area contributed by atoms with E-state index in [0.29, 0.717) is 29.6 Å². The molecule has 24 heavy (non-hydrogen) atoms. The molecule has 0 aliphatic rings. The Bertz CT molecular complexity index is 715. The normalized spacial score (nSPS) is 11.4. The maximum absolute atomic E-state index is 12.2. The van der Waals surface area contributed by atoms with Crippen molar-refractivity contribution in [3.8, 4) is 17.0 Å². The van der Waals surface area contributed by atoms with Gasteiger partial charge in [0.05, 0.1) is 16.9 Å². The molecule has 1 aromatic heterocycles. The van der Waals surface area contributed by atoms with E-state index in [-0.39, 0.29) is 5.91 Å². The summed E-state index contributed by atoms with van der Waals surface area (Å²) in [5.74, 6) is 0.569. The average Bonchev–Trinajstić information content (AvgIpc) is 2.84. The van der Waals surface area contributed by atoms with Crippen LogP contribution in [0.4, 0.5) is 5.69 Å². The smallest absolute Gasteiger partial charge is 0.229 e. The first-order valence-corrected chi connectivity index (χ1v) is 8.08. The fraction of sp³-hybridized carbons (Fsp3) is 0.412. The Hall–Kier alpha value is -2.05. The van der Waals surface area contributed by atoms with Crippen LogP contribution in [0.1, 0.15) is 20.8 Å². The fourth-order valence-electron chi connectivity index (χ4n) is 2.12. The molecule has 6 nitrogen and oxygen atoms in total. The van der Waals surface area contributed by atoms with Crippen molar-refractivity contribution < 1.29 is 9.53 Å². The van der Waals surface area contributed by atoms with Crippen molar-refractivity contribution in [2.24, 2.45) is 18.2 Å². The van der Waals surface area contributed by atoms with E-state index >= 15 is 0 Å². The molecule has 0 bridgehead atoms. The molecule has 0 aliphatic heterocycles. The third-order valence-electron chi connectivity index (χ3n) is 3.44. The van der Waals surface area contributed by atoms with Gasteiger partial charge in [-0.1, -0.05) is 32.4 Å². The first kappa shape index (κ1) is 18.3. The number of hydrogen-bond acceptors (Lipinski definition) is 4. The summed E-state index contributed by atoms with van der Waals surface area (Å²) in [6, 6.07) is 5.42. The number of benzene rings is 1. The SMILES string of the molecule is Cn1ncc(Cl)c1-c1cc(NC(=O)C(C)(C)C)ccc1OCCN. The Kier molecular flexibility index (Phi) is 5.51. The molecule has 1 amide bonds. The summed E-state index contributed by atoms with van der Waals surface area (Å²) < 4.78 is 7.38. The maximum Gasteiger partial charge on any atom is 0.229 e. The van der Waals surface area contributed by atoms with Crippen molar-refractivity contribution in [2.75, 3.05) is 18.5 Å². The summed E-state index contributed by atoms with van der Waals surface area (Å²) in [5, 5.41) is 7.58. The zero-order valence-corrected chi connectivity index (χ0v) is 15.1.